The van der Waals surface area contributed by atoms with Crippen LogP contribution in [0, 0.1) is 23.7 Å². The maximum atomic E-state index is 13.2. The zero-order valence-corrected chi connectivity index (χ0v) is 15.1. The van der Waals surface area contributed by atoms with Crippen LogP contribution < -0.4 is 0 Å². The summed E-state index contributed by atoms with van der Waals surface area (Å²) < 4.78 is 24.9. The van der Waals surface area contributed by atoms with Crippen molar-refractivity contribution in [1.82, 2.24) is 0 Å². The van der Waals surface area contributed by atoms with Gasteiger partial charge < -0.3 is 9.47 Å². The molecule has 1 aliphatic heterocycles. The van der Waals surface area contributed by atoms with Gasteiger partial charge in [0.15, 0.2) is 6.29 Å². The molecule has 2 fully saturated rings. The zero-order valence-electron chi connectivity index (χ0n) is 15.1. The van der Waals surface area contributed by atoms with Crippen LogP contribution in [0.1, 0.15) is 64.7 Å². The molecule has 0 bridgehead atoms. The number of ether oxygens (including phenoxy) is 2. The third-order valence-electron chi connectivity index (χ3n) is 6.22. The van der Waals surface area contributed by atoms with E-state index in [2.05, 4.69) is 12.2 Å². The van der Waals surface area contributed by atoms with Crippen molar-refractivity contribution in [2.45, 2.75) is 71.0 Å². The molecule has 1 unspecified atom stereocenters. The first-order valence-electron chi connectivity index (χ1n) is 9.95. The van der Waals surface area contributed by atoms with E-state index in [0.29, 0.717) is 12.3 Å². The summed E-state index contributed by atoms with van der Waals surface area (Å²) in [5, 5.41) is 0. The average molecular weight is 336 g/mol. The molecule has 0 aromatic carbocycles. The lowest BCUT2D eigenvalue weighted by Crippen LogP contribution is -2.31. The van der Waals surface area contributed by atoms with Crippen molar-refractivity contribution in [3.05, 3.63) is 24.1 Å². The second kappa shape index (κ2) is 9.15. The molecule has 0 aromatic rings. The molecule has 0 N–H and O–H groups in total. The Bertz CT molecular complexity index is 429. The summed E-state index contributed by atoms with van der Waals surface area (Å²) in [4.78, 5) is 0. The van der Waals surface area contributed by atoms with Crippen LogP contribution in [0.5, 0.6) is 0 Å². The summed E-state index contributed by atoms with van der Waals surface area (Å²) in [6.45, 7) is 3.64. The average Bonchev–Trinajstić information content (AvgIpc) is 2.63. The summed E-state index contributed by atoms with van der Waals surface area (Å²) in [5.74, 6) is 2.94. The monoisotopic (exact) mass is 336 g/mol. The van der Waals surface area contributed by atoms with E-state index in [1.807, 2.05) is 13.0 Å². The summed E-state index contributed by atoms with van der Waals surface area (Å²) in [7, 11) is 0. The molecule has 1 saturated heterocycles. The highest BCUT2D eigenvalue weighted by atomic mass is 19.1. The Morgan fingerprint density at radius 1 is 1.04 bits per heavy atom. The fourth-order valence-corrected chi connectivity index (χ4v) is 4.68. The lowest BCUT2D eigenvalue weighted by Gasteiger charge is -2.35. The van der Waals surface area contributed by atoms with Crippen molar-refractivity contribution >= 4 is 0 Å². The molecule has 3 heteroatoms. The molecule has 24 heavy (non-hydrogen) atoms. The first-order chi connectivity index (χ1) is 11.7. The molecule has 136 valence electrons. The highest BCUT2D eigenvalue weighted by molar-refractivity contribution is 4.99. The van der Waals surface area contributed by atoms with Crippen LogP contribution in [0.2, 0.25) is 0 Å². The molecule has 0 radical (unpaired) electrons. The van der Waals surface area contributed by atoms with Gasteiger partial charge in [0, 0.05) is 5.92 Å². The molecular weight excluding hydrogens is 303 g/mol. The van der Waals surface area contributed by atoms with Gasteiger partial charge in [0.25, 0.3) is 0 Å². The largest absolute Gasteiger partial charge is 0.352 e. The van der Waals surface area contributed by atoms with Gasteiger partial charge in [0.1, 0.15) is 0 Å². The highest BCUT2D eigenvalue weighted by Gasteiger charge is 2.29. The van der Waals surface area contributed by atoms with Crippen LogP contribution in [-0.4, -0.2) is 19.5 Å². The van der Waals surface area contributed by atoms with Crippen LogP contribution in [-0.2, 0) is 9.47 Å². The summed E-state index contributed by atoms with van der Waals surface area (Å²) in [5.41, 5.74) is 0. The number of allylic oxidation sites excluding steroid dienone is 3. The summed E-state index contributed by atoms with van der Waals surface area (Å²) in [6.07, 6.45) is 16.4. The maximum absolute atomic E-state index is 13.2. The molecule has 2 aliphatic carbocycles. The zero-order chi connectivity index (χ0) is 16.8. The minimum Gasteiger partial charge on any atom is -0.352 e. The van der Waals surface area contributed by atoms with Crippen molar-refractivity contribution < 1.29 is 13.9 Å². The second-order valence-electron chi connectivity index (χ2n) is 7.93. The Kier molecular flexibility index (Phi) is 6.91. The lowest BCUT2D eigenvalue weighted by molar-refractivity contribution is -0.197. The molecule has 0 amide bonds. The second-order valence-corrected chi connectivity index (χ2v) is 7.93. The molecule has 1 heterocycles. The fourth-order valence-electron chi connectivity index (χ4n) is 4.68. The number of rotatable bonds is 5. The van der Waals surface area contributed by atoms with E-state index in [-0.39, 0.29) is 12.1 Å². The highest BCUT2D eigenvalue weighted by Crippen LogP contribution is 2.41. The molecule has 3 aliphatic rings. The summed E-state index contributed by atoms with van der Waals surface area (Å²) >= 11 is 0. The predicted molar refractivity (Wildman–Crippen MR) is 95.2 cm³/mol. The van der Waals surface area contributed by atoms with Gasteiger partial charge in [0.05, 0.1) is 19.0 Å². The van der Waals surface area contributed by atoms with E-state index in [1.54, 1.807) is 0 Å². The molecule has 2 nitrogen and oxygen atoms in total. The topological polar surface area (TPSA) is 18.5 Å². The quantitative estimate of drug-likeness (QED) is 0.591. The van der Waals surface area contributed by atoms with Gasteiger partial charge in [0.2, 0.25) is 0 Å². The predicted octanol–water partition coefficient (Wildman–Crippen LogP) is 5.79. The van der Waals surface area contributed by atoms with Crippen LogP contribution in [0.3, 0.4) is 0 Å². The van der Waals surface area contributed by atoms with Crippen molar-refractivity contribution in [2.75, 3.05) is 13.2 Å². The number of hydrogen-bond donors (Lipinski definition) is 0. The van der Waals surface area contributed by atoms with Crippen molar-refractivity contribution in [1.29, 1.82) is 0 Å². The van der Waals surface area contributed by atoms with Gasteiger partial charge in [-0.05, 0) is 69.6 Å². The van der Waals surface area contributed by atoms with Gasteiger partial charge >= 0.3 is 0 Å². The smallest absolute Gasteiger partial charge is 0.157 e. The van der Waals surface area contributed by atoms with E-state index < -0.39 is 0 Å². The molecule has 0 spiro atoms. The Labute approximate surface area is 146 Å². The van der Waals surface area contributed by atoms with Crippen molar-refractivity contribution in [3.63, 3.8) is 0 Å². The summed E-state index contributed by atoms with van der Waals surface area (Å²) in [6, 6.07) is 0. The Hall–Kier alpha value is -0.670. The molecule has 0 aromatic heterocycles. The van der Waals surface area contributed by atoms with Gasteiger partial charge in [-0.15, -0.1) is 0 Å². The van der Waals surface area contributed by atoms with E-state index >= 15 is 0 Å². The maximum Gasteiger partial charge on any atom is 0.157 e. The van der Waals surface area contributed by atoms with E-state index in [1.165, 1.54) is 32.1 Å². The number of hydrogen-bond acceptors (Lipinski definition) is 2. The fraction of sp³-hybridized carbons (Fsp3) is 0.810. The van der Waals surface area contributed by atoms with Crippen LogP contribution >= 0.6 is 0 Å². The SMILES string of the molecule is C/C=C/C1COC(CCC2CCC(C3CC=C(F)CC3)CC2)OC1. The van der Waals surface area contributed by atoms with Crippen molar-refractivity contribution in [3.8, 4) is 0 Å². The Balaban J connectivity index is 1.32. The van der Waals surface area contributed by atoms with E-state index in [0.717, 1.165) is 50.2 Å². The molecule has 3 rings (SSSR count). The number of halogens is 1. The Morgan fingerprint density at radius 3 is 2.42 bits per heavy atom. The minimum absolute atomic E-state index is 0.00989. The standard InChI is InChI=1S/C21H33FO2/c1-2-3-17-14-23-21(24-15-17)13-6-16-4-7-18(8-5-16)19-9-11-20(22)12-10-19/h2-3,11,16-19,21H,4-10,12-15H2,1H3/b3-2+. The first kappa shape index (κ1) is 18.1. The third-order valence-corrected chi connectivity index (χ3v) is 6.22. The minimum atomic E-state index is 0.00989. The van der Waals surface area contributed by atoms with Gasteiger partial charge in [-0.25, -0.2) is 4.39 Å². The van der Waals surface area contributed by atoms with Gasteiger partial charge in [-0.3, -0.25) is 0 Å². The molecular formula is C21H33FO2. The van der Waals surface area contributed by atoms with Crippen LogP contribution in [0.25, 0.3) is 0 Å². The molecule has 1 atom stereocenters. The van der Waals surface area contributed by atoms with E-state index in [9.17, 15) is 4.39 Å². The normalized spacial score (nSPS) is 38.2. The lowest BCUT2D eigenvalue weighted by atomic mass is 9.71. The van der Waals surface area contributed by atoms with Gasteiger partial charge in [-0.1, -0.05) is 31.1 Å². The van der Waals surface area contributed by atoms with E-state index in [4.69, 9.17) is 9.47 Å². The third kappa shape index (κ3) is 5.16. The van der Waals surface area contributed by atoms with Gasteiger partial charge in [-0.2, -0.15) is 0 Å². The molecule has 1 saturated carbocycles. The van der Waals surface area contributed by atoms with Crippen LogP contribution in [0.4, 0.5) is 4.39 Å². The first-order valence-corrected chi connectivity index (χ1v) is 9.95. The Morgan fingerprint density at radius 2 is 1.79 bits per heavy atom. The van der Waals surface area contributed by atoms with Crippen LogP contribution in [0.15, 0.2) is 24.1 Å². The van der Waals surface area contributed by atoms with Crippen molar-refractivity contribution in [2.24, 2.45) is 23.7 Å².